The van der Waals surface area contributed by atoms with E-state index in [9.17, 15) is 14.0 Å². The Hall–Kier alpha value is -2.35. The Morgan fingerprint density at radius 3 is 2.92 bits per heavy atom. The number of furan rings is 1. The van der Waals surface area contributed by atoms with Gasteiger partial charge in [-0.25, -0.2) is 4.39 Å². The summed E-state index contributed by atoms with van der Waals surface area (Å²) >= 11 is 3.12. The number of benzene rings is 1. The van der Waals surface area contributed by atoms with Crippen LogP contribution >= 0.6 is 15.9 Å². The Morgan fingerprint density at radius 1 is 1.33 bits per heavy atom. The first-order valence-corrected chi connectivity index (χ1v) is 8.05. The monoisotopic (exact) mass is 396 g/mol. The van der Waals surface area contributed by atoms with Gasteiger partial charge >= 0.3 is 0 Å². The van der Waals surface area contributed by atoms with E-state index in [1.165, 1.54) is 23.1 Å². The zero-order valence-corrected chi connectivity index (χ0v) is 14.1. The van der Waals surface area contributed by atoms with E-state index in [4.69, 9.17) is 9.15 Å². The van der Waals surface area contributed by atoms with E-state index in [-0.39, 0.29) is 49.6 Å². The first kappa shape index (κ1) is 16.5. The van der Waals surface area contributed by atoms with Crippen molar-refractivity contribution in [2.45, 2.75) is 6.54 Å². The molecule has 1 aliphatic rings. The Balaban J connectivity index is 1.59. The fraction of sp³-hybridized carbons (Fsp3) is 0.250. The predicted molar refractivity (Wildman–Crippen MR) is 86.1 cm³/mol. The second kappa shape index (κ2) is 7.04. The van der Waals surface area contributed by atoms with Gasteiger partial charge in [0.25, 0.3) is 11.8 Å². The van der Waals surface area contributed by atoms with Gasteiger partial charge in [0.05, 0.1) is 0 Å². The van der Waals surface area contributed by atoms with Crippen LogP contribution in [0.2, 0.25) is 0 Å². The minimum absolute atomic E-state index is 0.113. The van der Waals surface area contributed by atoms with Crippen molar-refractivity contribution >= 4 is 27.7 Å². The molecule has 0 radical (unpaired) electrons. The van der Waals surface area contributed by atoms with Gasteiger partial charge in [-0.15, -0.1) is 0 Å². The van der Waals surface area contributed by atoms with Gasteiger partial charge in [0.2, 0.25) is 0 Å². The molecule has 1 aromatic carbocycles. The number of amides is 2. The molecular formula is C16H14BrFN2O4. The molecule has 6 nitrogen and oxygen atoms in total. The summed E-state index contributed by atoms with van der Waals surface area (Å²) in [5, 5.41) is 2.67. The fourth-order valence-corrected chi connectivity index (χ4v) is 2.68. The first-order valence-electron chi connectivity index (χ1n) is 7.25. The molecule has 1 N–H and O–H groups in total. The molecule has 0 aliphatic carbocycles. The van der Waals surface area contributed by atoms with Crippen molar-refractivity contribution in [1.29, 1.82) is 0 Å². The molecular weight excluding hydrogens is 383 g/mol. The average molecular weight is 397 g/mol. The molecule has 2 amide bonds. The van der Waals surface area contributed by atoms with Gasteiger partial charge in [-0.2, -0.15) is 0 Å². The lowest BCUT2D eigenvalue weighted by atomic mass is 10.2. The molecule has 0 spiro atoms. The largest absolute Gasteiger partial charge is 0.483 e. The number of rotatable bonds is 4. The van der Waals surface area contributed by atoms with Crippen LogP contribution in [0.15, 0.2) is 39.4 Å². The highest BCUT2D eigenvalue weighted by atomic mass is 79.9. The minimum atomic E-state index is -0.386. The van der Waals surface area contributed by atoms with E-state index in [0.29, 0.717) is 16.0 Å². The summed E-state index contributed by atoms with van der Waals surface area (Å²) in [5.74, 6) is -0.299. The van der Waals surface area contributed by atoms with Crippen LogP contribution in [0.25, 0.3) is 0 Å². The SMILES string of the molecule is O=C(NCCN1Cc2cc(F)ccc2OCC1=O)c1ccc(Br)o1. The first-order chi connectivity index (χ1) is 11.5. The van der Waals surface area contributed by atoms with Gasteiger partial charge in [-0.05, 0) is 46.3 Å². The Kier molecular flexibility index (Phi) is 4.84. The average Bonchev–Trinajstić information content (AvgIpc) is 2.92. The van der Waals surface area contributed by atoms with Gasteiger partial charge in [0.15, 0.2) is 17.0 Å². The molecule has 0 bridgehead atoms. The molecule has 0 unspecified atom stereocenters. The smallest absolute Gasteiger partial charge is 0.287 e. The minimum Gasteiger partial charge on any atom is -0.483 e. The number of carbonyl (C=O) groups is 2. The highest BCUT2D eigenvalue weighted by Crippen LogP contribution is 2.24. The number of hydrogen-bond donors (Lipinski definition) is 1. The van der Waals surface area contributed by atoms with Crippen molar-refractivity contribution in [3.63, 3.8) is 0 Å². The Labute approximate surface area is 145 Å². The second-order valence-corrected chi connectivity index (χ2v) is 6.00. The summed E-state index contributed by atoms with van der Waals surface area (Å²) in [6.07, 6.45) is 0. The van der Waals surface area contributed by atoms with E-state index in [2.05, 4.69) is 21.2 Å². The van der Waals surface area contributed by atoms with Gasteiger partial charge < -0.3 is 19.4 Å². The van der Waals surface area contributed by atoms with E-state index >= 15 is 0 Å². The van der Waals surface area contributed by atoms with Crippen LogP contribution in [0.3, 0.4) is 0 Å². The molecule has 2 aromatic rings. The quantitative estimate of drug-likeness (QED) is 0.860. The maximum Gasteiger partial charge on any atom is 0.287 e. The Morgan fingerprint density at radius 2 is 2.17 bits per heavy atom. The highest BCUT2D eigenvalue weighted by molar-refractivity contribution is 9.10. The molecule has 1 aromatic heterocycles. The van der Waals surface area contributed by atoms with Crippen molar-refractivity contribution < 1.29 is 23.1 Å². The molecule has 0 atom stereocenters. The van der Waals surface area contributed by atoms with Crippen LogP contribution in [0.1, 0.15) is 16.1 Å². The third kappa shape index (κ3) is 3.76. The number of nitrogens with zero attached hydrogens (tertiary/aromatic N) is 1. The van der Waals surface area contributed by atoms with Crippen LogP contribution in [-0.2, 0) is 11.3 Å². The Bertz CT molecular complexity index is 777. The van der Waals surface area contributed by atoms with Crippen molar-refractivity contribution in [1.82, 2.24) is 10.2 Å². The zero-order valence-electron chi connectivity index (χ0n) is 12.6. The molecule has 2 heterocycles. The third-order valence-corrected chi connectivity index (χ3v) is 3.98. The highest BCUT2D eigenvalue weighted by Gasteiger charge is 2.22. The number of nitrogens with one attached hydrogen (secondary N) is 1. The topological polar surface area (TPSA) is 71.8 Å². The van der Waals surface area contributed by atoms with Crippen LogP contribution in [0, 0.1) is 5.82 Å². The van der Waals surface area contributed by atoms with Gasteiger partial charge in [-0.1, -0.05) is 0 Å². The number of hydrogen-bond acceptors (Lipinski definition) is 4. The van der Waals surface area contributed by atoms with Gasteiger partial charge in [-0.3, -0.25) is 9.59 Å². The summed E-state index contributed by atoms with van der Waals surface area (Å²) in [7, 11) is 0. The zero-order chi connectivity index (χ0) is 17.1. The van der Waals surface area contributed by atoms with E-state index in [0.717, 1.165) is 0 Å². The third-order valence-electron chi connectivity index (χ3n) is 3.55. The summed E-state index contributed by atoms with van der Waals surface area (Å²) in [4.78, 5) is 25.5. The van der Waals surface area contributed by atoms with Crippen LogP contribution in [-0.4, -0.2) is 36.4 Å². The van der Waals surface area contributed by atoms with Gasteiger partial charge in [0, 0.05) is 25.2 Å². The van der Waals surface area contributed by atoms with E-state index in [1.807, 2.05) is 0 Å². The summed E-state index contributed by atoms with van der Waals surface area (Å²) in [6.45, 7) is 0.644. The molecule has 126 valence electrons. The molecule has 1 aliphatic heterocycles. The van der Waals surface area contributed by atoms with Crippen molar-refractivity contribution in [3.8, 4) is 5.75 Å². The molecule has 0 fully saturated rings. The normalized spacial score (nSPS) is 13.9. The molecule has 8 heteroatoms. The van der Waals surface area contributed by atoms with Crippen molar-refractivity contribution in [3.05, 3.63) is 52.1 Å². The van der Waals surface area contributed by atoms with E-state index < -0.39 is 0 Å². The maximum atomic E-state index is 13.4. The number of ether oxygens (including phenoxy) is 1. The second-order valence-electron chi connectivity index (χ2n) is 5.22. The molecule has 0 saturated carbocycles. The van der Waals surface area contributed by atoms with Crippen LogP contribution in [0.4, 0.5) is 4.39 Å². The predicted octanol–water partition coefficient (Wildman–Crippen LogP) is 2.33. The van der Waals surface area contributed by atoms with Crippen molar-refractivity contribution in [2.24, 2.45) is 0 Å². The van der Waals surface area contributed by atoms with Crippen LogP contribution in [0.5, 0.6) is 5.75 Å². The van der Waals surface area contributed by atoms with Crippen LogP contribution < -0.4 is 10.1 Å². The summed E-state index contributed by atoms with van der Waals surface area (Å²) in [5.41, 5.74) is 0.599. The lowest BCUT2D eigenvalue weighted by Gasteiger charge is -2.20. The lowest BCUT2D eigenvalue weighted by molar-refractivity contribution is -0.133. The van der Waals surface area contributed by atoms with Crippen molar-refractivity contribution in [2.75, 3.05) is 19.7 Å². The number of carbonyl (C=O) groups excluding carboxylic acids is 2. The van der Waals surface area contributed by atoms with E-state index in [1.54, 1.807) is 12.1 Å². The number of fused-ring (bicyclic) bond motifs is 1. The molecule has 0 saturated heterocycles. The molecule has 24 heavy (non-hydrogen) atoms. The maximum absolute atomic E-state index is 13.4. The summed E-state index contributed by atoms with van der Waals surface area (Å²) in [6, 6.07) is 7.32. The summed E-state index contributed by atoms with van der Waals surface area (Å²) < 4.78 is 24.4. The molecule has 3 rings (SSSR count). The fourth-order valence-electron chi connectivity index (χ4n) is 2.37. The number of halogens is 2. The van der Waals surface area contributed by atoms with Gasteiger partial charge in [0.1, 0.15) is 11.6 Å². The lowest BCUT2D eigenvalue weighted by Crippen LogP contribution is -2.39. The standard InChI is InChI=1S/C16H14BrFN2O4/c17-14-4-3-13(24-14)16(22)19-5-6-20-8-10-7-11(18)1-2-12(10)23-9-15(20)21/h1-4,7H,5-6,8-9H2,(H,19,22).